The summed E-state index contributed by atoms with van der Waals surface area (Å²) < 4.78 is 2.46. The molecule has 21 heavy (non-hydrogen) atoms. The molecule has 3 heteroatoms. The normalized spacial score (nSPS) is 22.8. The second-order valence-electron chi connectivity index (χ2n) is 6.66. The summed E-state index contributed by atoms with van der Waals surface area (Å²) in [4.78, 5) is 4.84. The zero-order valence-corrected chi connectivity index (χ0v) is 13.3. The van der Waals surface area contributed by atoms with Crippen LogP contribution in [0.4, 0.5) is 5.69 Å². The minimum Gasteiger partial charge on any atom is -0.399 e. The van der Waals surface area contributed by atoms with E-state index in [1.807, 2.05) is 12.1 Å². The molecule has 1 aromatic carbocycles. The maximum Gasteiger partial charge on any atom is 0.109 e. The molecular weight excluding hydrogens is 258 g/mol. The van der Waals surface area contributed by atoms with Crippen molar-refractivity contribution < 1.29 is 0 Å². The molecule has 1 aromatic heterocycles. The van der Waals surface area contributed by atoms with Gasteiger partial charge in [0, 0.05) is 18.7 Å². The smallest absolute Gasteiger partial charge is 0.109 e. The Bertz CT molecular complexity index is 614. The standard InChI is InChI=1S/C18H27N3/c1-3-6-18-20-16-11-15(19)9-10-17(16)21(18)12-14-8-5-4-7-13(14)2/h9-11,13-14H,3-8,12,19H2,1-2H3. The highest BCUT2D eigenvalue weighted by atomic mass is 15.1. The number of aromatic nitrogens is 2. The van der Waals surface area contributed by atoms with Gasteiger partial charge in [0.05, 0.1) is 11.0 Å². The largest absolute Gasteiger partial charge is 0.399 e. The predicted molar refractivity (Wildman–Crippen MR) is 89.3 cm³/mol. The van der Waals surface area contributed by atoms with E-state index >= 15 is 0 Å². The highest BCUT2D eigenvalue weighted by Gasteiger charge is 2.23. The molecule has 0 aliphatic heterocycles. The summed E-state index contributed by atoms with van der Waals surface area (Å²) in [5, 5.41) is 0. The van der Waals surface area contributed by atoms with Crippen molar-refractivity contribution in [1.29, 1.82) is 0 Å². The summed E-state index contributed by atoms with van der Waals surface area (Å²) in [6.45, 7) is 5.76. The average Bonchev–Trinajstić information content (AvgIpc) is 2.79. The quantitative estimate of drug-likeness (QED) is 0.846. The van der Waals surface area contributed by atoms with Gasteiger partial charge in [-0.3, -0.25) is 0 Å². The zero-order valence-electron chi connectivity index (χ0n) is 13.3. The van der Waals surface area contributed by atoms with Gasteiger partial charge >= 0.3 is 0 Å². The van der Waals surface area contributed by atoms with Crippen LogP contribution in [0.25, 0.3) is 11.0 Å². The topological polar surface area (TPSA) is 43.8 Å². The van der Waals surface area contributed by atoms with Gasteiger partial charge in [-0.05, 0) is 42.9 Å². The molecule has 2 unspecified atom stereocenters. The lowest BCUT2D eigenvalue weighted by molar-refractivity contribution is 0.228. The number of nitrogens with zero attached hydrogens (tertiary/aromatic N) is 2. The lowest BCUT2D eigenvalue weighted by Crippen LogP contribution is -2.22. The van der Waals surface area contributed by atoms with Crippen molar-refractivity contribution in [2.45, 2.75) is 58.9 Å². The first-order valence-corrected chi connectivity index (χ1v) is 8.43. The summed E-state index contributed by atoms with van der Waals surface area (Å²) in [6.07, 6.45) is 7.72. The molecule has 0 amide bonds. The van der Waals surface area contributed by atoms with Crippen LogP contribution in [0.3, 0.4) is 0 Å². The van der Waals surface area contributed by atoms with Crippen molar-refractivity contribution in [1.82, 2.24) is 9.55 Å². The van der Waals surface area contributed by atoms with E-state index in [2.05, 4.69) is 24.5 Å². The Morgan fingerprint density at radius 2 is 2.10 bits per heavy atom. The molecule has 3 nitrogen and oxygen atoms in total. The summed E-state index contributed by atoms with van der Waals surface area (Å²) in [5.41, 5.74) is 9.03. The van der Waals surface area contributed by atoms with Gasteiger partial charge in [0.15, 0.2) is 0 Å². The van der Waals surface area contributed by atoms with E-state index in [-0.39, 0.29) is 0 Å². The second kappa shape index (κ2) is 6.08. The first-order chi connectivity index (χ1) is 10.2. The fourth-order valence-corrected chi connectivity index (χ4v) is 3.71. The molecule has 1 heterocycles. The van der Waals surface area contributed by atoms with Crippen molar-refractivity contribution >= 4 is 16.7 Å². The van der Waals surface area contributed by atoms with Crippen LogP contribution in [0, 0.1) is 11.8 Å². The second-order valence-corrected chi connectivity index (χ2v) is 6.66. The predicted octanol–water partition coefficient (Wildman–Crippen LogP) is 4.40. The van der Waals surface area contributed by atoms with E-state index in [9.17, 15) is 0 Å². The summed E-state index contributed by atoms with van der Waals surface area (Å²) in [6, 6.07) is 6.15. The SMILES string of the molecule is CCCc1nc2cc(N)ccc2n1CC1CCCCC1C. The first-order valence-electron chi connectivity index (χ1n) is 8.43. The number of aryl methyl sites for hydroxylation is 1. The Kier molecular flexibility index (Phi) is 4.18. The molecule has 0 bridgehead atoms. The van der Waals surface area contributed by atoms with Gasteiger partial charge in [0.25, 0.3) is 0 Å². The van der Waals surface area contributed by atoms with E-state index in [0.29, 0.717) is 0 Å². The van der Waals surface area contributed by atoms with Crippen LogP contribution in [-0.4, -0.2) is 9.55 Å². The number of imidazole rings is 1. The minimum absolute atomic E-state index is 0.796. The van der Waals surface area contributed by atoms with E-state index < -0.39 is 0 Å². The van der Waals surface area contributed by atoms with Gasteiger partial charge in [-0.15, -0.1) is 0 Å². The van der Waals surface area contributed by atoms with Crippen molar-refractivity contribution in [3.63, 3.8) is 0 Å². The summed E-state index contributed by atoms with van der Waals surface area (Å²) in [7, 11) is 0. The van der Waals surface area contributed by atoms with Crippen LogP contribution < -0.4 is 5.73 Å². The Hall–Kier alpha value is -1.51. The molecule has 114 valence electrons. The number of hydrogen-bond donors (Lipinski definition) is 1. The van der Waals surface area contributed by atoms with Crippen LogP contribution in [-0.2, 0) is 13.0 Å². The van der Waals surface area contributed by atoms with Crippen molar-refractivity contribution in [2.75, 3.05) is 5.73 Å². The van der Waals surface area contributed by atoms with Crippen molar-refractivity contribution in [3.05, 3.63) is 24.0 Å². The van der Waals surface area contributed by atoms with Gasteiger partial charge in [0.2, 0.25) is 0 Å². The van der Waals surface area contributed by atoms with Crippen LogP contribution >= 0.6 is 0 Å². The minimum atomic E-state index is 0.796. The van der Waals surface area contributed by atoms with E-state index in [4.69, 9.17) is 10.7 Å². The number of fused-ring (bicyclic) bond motifs is 1. The first kappa shape index (κ1) is 14.4. The Balaban J connectivity index is 1.96. The third-order valence-corrected chi connectivity index (χ3v) is 5.03. The lowest BCUT2D eigenvalue weighted by Gasteiger charge is -2.29. The maximum atomic E-state index is 5.91. The molecule has 2 atom stereocenters. The molecule has 2 N–H and O–H groups in total. The van der Waals surface area contributed by atoms with Crippen LogP contribution in [0.15, 0.2) is 18.2 Å². The molecule has 0 radical (unpaired) electrons. The number of benzene rings is 1. The van der Waals surface area contributed by atoms with Gasteiger partial charge in [-0.1, -0.05) is 33.1 Å². The molecule has 1 saturated carbocycles. The fraction of sp³-hybridized carbons (Fsp3) is 0.611. The monoisotopic (exact) mass is 285 g/mol. The molecule has 1 fully saturated rings. The number of rotatable bonds is 4. The molecule has 3 rings (SSSR count). The number of nitrogens with two attached hydrogens (primary N) is 1. The summed E-state index contributed by atoms with van der Waals surface area (Å²) in [5.74, 6) is 2.86. The molecule has 2 aromatic rings. The third kappa shape index (κ3) is 2.92. The Morgan fingerprint density at radius 3 is 2.86 bits per heavy atom. The summed E-state index contributed by atoms with van der Waals surface area (Å²) >= 11 is 0. The Labute approximate surface area is 127 Å². The van der Waals surface area contributed by atoms with Crippen LogP contribution in [0.1, 0.15) is 51.8 Å². The van der Waals surface area contributed by atoms with Crippen LogP contribution in [0.5, 0.6) is 0 Å². The fourth-order valence-electron chi connectivity index (χ4n) is 3.71. The maximum absolute atomic E-state index is 5.91. The number of hydrogen-bond acceptors (Lipinski definition) is 2. The molecule has 0 spiro atoms. The number of anilines is 1. The number of nitrogen functional groups attached to an aromatic ring is 1. The zero-order chi connectivity index (χ0) is 14.8. The van der Waals surface area contributed by atoms with Gasteiger partial charge < -0.3 is 10.3 Å². The van der Waals surface area contributed by atoms with Gasteiger partial charge in [-0.25, -0.2) is 4.98 Å². The van der Waals surface area contributed by atoms with E-state index in [1.54, 1.807) is 0 Å². The average molecular weight is 285 g/mol. The third-order valence-electron chi connectivity index (χ3n) is 5.03. The molecule has 1 aliphatic carbocycles. The highest BCUT2D eigenvalue weighted by molar-refractivity contribution is 5.79. The Morgan fingerprint density at radius 1 is 1.29 bits per heavy atom. The lowest BCUT2D eigenvalue weighted by atomic mass is 9.80. The van der Waals surface area contributed by atoms with E-state index in [1.165, 1.54) is 37.0 Å². The van der Waals surface area contributed by atoms with Crippen molar-refractivity contribution in [2.24, 2.45) is 11.8 Å². The van der Waals surface area contributed by atoms with E-state index in [0.717, 1.165) is 42.4 Å². The molecule has 1 aliphatic rings. The van der Waals surface area contributed by atoms with Gasteiger partial charge in [0.1, 0.15) is 5.82 Å². The van der Waals surface area contributed by atoms with Crippen molar-refractivity contribution in [3.8, 4) is 0 Å². The van der Waals surface area contributed by atoms with Crippen LogP contribution in [0.2, 0.25) is 0 Å². The van der Waals surface area contributed by atoms with Gasteiger partial charge in [-0.2, -0.15) is 0 Å². The molecular formula is C18H27N3. The molecule has 0 saturated heterocycles. The highest BCUT2D eigenvalue weighted by Crippen LogP contribution is 2.32.